The second kappa shape index (κ2) is 5.71. The van der Waals surface area contributed by atoms with E-state index in [2.05, 4.69) is 25.2 Å². The summed E-state index contributed by atoms with van der Waals surface area (Å²) in [6.07, 6.45) is 4.55. The Kier molecular flexibility index (Phi) is 3.77. The van der Waals surface area contributed by atoms with Crippen molar-refractivity contribution in [2.24, 2.45) is 17.3 Å². The Morgan fingerprint density at radius 3 is 2.54 bits per heavy atom. The minimum Gasteiger partial charge on any atom is -0.353 e. The van der Waals surface area contributed by atoms with Crippen molar-refractivity contribution >= 4 is 11.5 Å². The summed E-state index contributed by atoms with van der Waals surface area (Å²) in [6.45, 7) is 5.64. The highest BCUT2D eigenvalue weighted by Gasteiger charge is 2.58. The monoisotopic (exact) mass is 327 g/mol. The minimum atomic E-state index is -0.470. The number of nitrogens with one attached hydrogen (secondary N) is 1. The summed E-state index contributed by atoms with van der Waals surface area (Å²) in [7, 11) is 0. The van der Waals surface area contributed by atoms with Gasteiger partial charge >= 0.3 is 0 Å². The highest BCUT2D eigenvalue weighted by atomic mass is 16.7. The number of para-hydroxylation sites is 1. The highest BCUT2D eigenvalue weighted by Crippen LogP contribution is 2.55. The molecule has 2 fully saturated rings. The number of hydrogen-bond donors (Lipinski definition) is 1. The maximum Gasteiger partial charge on any atom is 0.184 e. The van der Waals surface area contributed by atoms with Crippen molar-refractivity contribution in [1.29, 1.82) is 0 Å². The lowest BCUT2D eigenvalue weighted by atomic mass is 9.55. The van der Waals surface area contributed by atoms with E-state index >= 15 is 0 Å². The topological polar surface area (TPSA) is 47.6 Å². The van der Waals surface area contributed by atoms with Crippen molar-refractivity contribution in [2.45, 2.75) is 38.9 Å². The minimum absolute atomic E-state index is 0.220. The lowest BCUT2D eigenvalue weighted by Crippen LogP contribution is -2.56. The molecule has 1 saturated heterocycles. The van der Waals surface area contributed by atoms with E-state index in [-0.39, 0.29) is 23.0 Å². The fourth-order valence-electron chi connectivity index (χ4n) is 4.76. The van der Waals surface area contributed by atoms with Gasteiger partial charge in [-0.05, 0) is 30.9 Å². The van der Waals surface area contributed by atoms with Gasteiger partial charge in [-0.25, -0.2) is 0 Å². The van der Waals surface area contributed by atoms with Crippen LogP contribution in [0.25, 0.3) is 0 Å². The first kappa shape index (κ1) is 15.9. The molecule has 1 saturated carbocycles. The van der Waals surface area contributed by atoms with Gasteiger partial charge in [0.25, 0.3) is 0 Å². The number of carbonyl (C=O) groups is 1. The van der Waals surface area contributed by atoms with Gasteiger partial charge < -0.3 is 14.8 Å². The third kappa shape index (κ3) is 2.32. The SMILES string of the molecule is C[C@@H]1[C@H]2CC=C(Nc3ccccc3)C(=O)[C@]2(C)CCC12OCCO2. The normalized spacial score (nSPS) is 34.8. The molecule has 24 heavy (non-hydrogen) atoms. The molecule has 1 N–H and O–H groups in total. The van der Waals surface area contributed by atoms with Gasteiger partial charge in [0.15, 0.2) is 11.6 Å². The Hall–Kier alpha value is -1.65. The van der Waals surface area contributed by atoms with Crippen molar-refractivity contribution in [3.63, 3.8) is 0 Å². The van der Waals surface area contributed by atoms with Gasteiger partial charge in [0.1, 0.15) is 0 Å². The molecule has 1 aromatic carbocycles. The van der Waals surface area contributed by atoms with Gasteiger partial charge in [0, 0.05) is 23.4 Å². The van der Waals surface area contributed by atoms with E-state index in [9.17, 15) is 4.79 Å². The van der Waals surface area contributed by atoms with Crippen molar-refractivity contribution < 1.29 is 14.3 Å². The molecule has 4 heteroatoms. The van der Waals surface area contributed by atoms with Crippen LogP contribution in [-0.4, -0.2) is 24.8 Å². The number of Topliss-reactive ketones (excluding diaryl/α,β-unsaturated/α-hetero) is 1. The summed E-state index contributed by atoms with van der Waals surface area (Å²) in [5.41, 5.74) is 1.35. The van der Waals surface area contributed by atoms with Crippen LogP contribution in [0.1, 0.15) is 33.1 Å². The number of rotatable bonds is 2. The van der Waals surface area contributed by atoms with E-state index in [0.29, 0.717) is 13.2 Å². The first-order valence-corrected chi connectivity index (χ1v) is 8.90. The number of anilines is 1. The van der Waals surface area contributed by atoms with Crippen molar-refractivity contribution in [1.82, 2.24) is 0 Å². The van der Waals surface area contributed by atoms with Crippen molar-refractivity contribution in [2.75, 3.05) is 18.5 Å². The van der Waals surface area contributed by atoms with Gasteiger partial charge in [-0.1, -0.05) is 38.1 Å². The van der Waals surface area contributed by atoms with E-state index in [4.69, 9.17) is 9.47 Å². The lowest BCUT2D eigenvalue weighted by Gasteiger charge is -2.52. The first-order chi connectivity index (χ1) is 11.6. The quantitative estimate of drug-likeness (QED) is 0.899. The van der Waals surface area contributed by atoms with Crippen LogP contribution < -0.4 is 5.32 Å². The maximum absolute atomic E-state index is 13.2. The molecule has 1 aromatic rings. The summed E-state index contributed by atoms with van der Waals surface area (Å²) in [5.74, 6) is 0.237. The Morgan fingerprint density at radius 1 is 1.12 bits per heavy atom. The van der Waals surface area contributed by atoms with Crippen molar-refractivity contribution in [3.05, 3.63) is 42.1 Å². The Labute approximate surface area is 143 Å². The molecule has 2 aliphatic carbocycles. The van der Waals surface area contributed by atoms with Gasteiger partial charge in [0.2, 0.25) is 0 Å². The zero-order valence-electron chi connectivity index (χ0n) is 14.4. The first-order valence-electron chi connectivity index (χ1n) is 8.90. The molecule has 128 valence electrons. The third-order valence-electron chi connectivity index (χ3n) is 6.28. The number of fused-ring (bicyclic) bond motifs is 1. The van der Waals surface area contributed by atoms with Gasteiger partial charge in [0.05, 0.1) is 18.9 Å². The van der Waals surface area contributed by atoms with Crippen LogP contribution >= 0.6 is 0 Å². The fraction of sp³-hybridized carbons (Fsp3) is 0.550. The number of ether oxygens (including phenoxy) is 2. The molecule has 1 spiro atoms. The van der Waals surface area contributed by atoms with Crippen LogP contribution in [-0.2, 0) is 14.3 Å². The number of allylic oxidation sites excluding steroid dienone is 2. The Balaban J connectivity index is 1.60. The fourth-order valence-corrected chi connectivity index (χ4v) is 4.76. The molecule has 0 unspecified atom stereocenters. The number of benzene rings is 1. The Morgan fingerprint density at radius 2 is 1.83 bits per heavy atom. The molecular formula is C20H25NO3. The van der Waals surface area contributed by atoms with Gasteiger partial charge in [-0.15, -0.1) is 0 Å². The smallest absolute Gasteiger partial charge is 0.184 e. The van der Waals surface area contributed by atoms with Crippen LogP contribution in [0.4, 0.5) is 5.69 Å². The predicted molar refractivity (Wildman–Crippen MR) is 92.4 cm³/mol. The summed E-state index contributed by atoms with van der Waals surface area (Å²) >= 11 is 0. The maximum atomic E-state index is 13.2. The van der Waals surface area contributed by atoms with Crippen LogP contribution in [0, 0.1) is 17.3 Å². The van der Waals surface area contributed by atoms with E-state index in [1.165, 1.54) is 0 Å². The molecule has 0 radical (unpaired) electrons. The molecule has 1 aliphatic heterocycles. The number of hydrogen-bond acceptors (Lipinski definition) is 4. The van der Waals surface area contributed by atoms with Gasteiger partial charge in [-0.2, -0.15) is 0 Å². The number of carbonyl (C=O) groups excluding carboxylic acids is 1. The largest absolute Gasteiger partial charge is 0.353 e. The van der Waals surface area contributed by atoms with Crippen molar-refractivity contribution in [3.8, 4) is 0 Å². The molecule has 3 aliphatic rings. The zero-order valence-corrected chi connectivity index (χ0v) is 14.4. The average Bonchev–Trinajstić information content (AvgIpc) is 3.07. The molecule has 0 bridgehead atoms. The third-order valence-corrected chi connectivity index (χ3v) is 6.28. The summed E-state index contributed by atoms with van der Waals surface area (Å²) in [4.78, 5) is 13.2. The van der Waals surface area contributed by atoms with E-state index in [0.717, 1.165) is 30.6 Å². The van der Waals surface area contributed by atoms with Crippen LogP contribution in [0.5, 0.6) is 0 Å². The standard InChI is InChI=1S/C20H25NO3/c1-14-16-8-9-17(21-15-6-4-3-5-7-15)18(22)19(16,2)10-11-20(14)23-12-13-24-20/h3-7,9,14,16,21H,8,10-13H2,1-2H3/t14-,16-,19-/m1/s1. The molecular weight excluding hydrogens is 302 g/mol. The second-order valence-corrected chi connectivity index (χ2v) is 7.50. The second-order valence-electron chi connectivity index (χ2n) is 7.50. The summed E-state index contributed by atoms with van der Waals surface area (Å²) in [6, 6.07) is 9.90. The van der Waals surface area contributed by atoms with Crippen LogP contribution in [0.3, 0.4) is 0 Å². The molecule has 3 atom stereocenters. The zero-order chi connectivity index (χ0) is 16.8. The van der Waals surface area contributed by atoms with Gasteiger partial charge in [-0.3, -0.25) is 4.79 Å². The molecule has 4 nitrogen and oxygen atoms in total. The number of ketones is 1. The van der Waals surface area contributed by atoms with Crippen LogP contribution in [0.2, 0.25) is 0 Å². The van der Waals surface area contributed by atoms with E-state index in [1.54, 1.807) is 0 Å². The van der Waals surface area contributed by atoms with Crippen LogP contribution in [0.15, 0.2) is 42.1 Å². The molecule has 0 amide bonds. The Bertz CT molecular complexity index is 663. The van der Waals surface area contributed by atoms with E-state index < -0.39 is 5.79 Å². The predicted octanol–water partition coefficient (Wildman–Crippen LogP) is 3.75. The average molecular weight is 327 g/mol. The molecule has 0 aromatic heterocycles. The molecule has 4 rings (SSSR count). The van der Waals surface area contributed by atoms with E-state index in [1.807, 2.05) is 30.3 Å². The molecule has 1 heterocycles. The summed E-state index contributed by atoms with van der Waals surface area (Å²) in [5, 5.41) is 3.31. The lowest BCUT2D eigenvalue weighted by molar-refractivity contribution is -0.239. The highest BCUT2D eigenvalue weighted by molar-refractivity contribution is 6.03. The summed E-state index contributed by atoms with van der Waals surface area (Å²) < 4.78 is 12.0.